The standard InChI is InChI=1S/C20H23F2N3O/c1-26-19-5-4-14(11-17(19)22)12-24-9-6-15-7-10-25(13-18(15)24)20-16(21)3-2-8-23-20/h2-5,8,11,15,18H,6-7,9-10,12-13H2,1H3. The second-order valence-electron chi connectivity index (χ2n) is 7.10. The molecule has 0 amide bonds. The molecular formula is C20H23F2N3O. The maximum absolute atomic E-state index is 14.1. The predicted octanol–water partition coefficient (Wildman–Crippen LogP) is 3.47. The average molecular weight is 359 g/mol. The number of anilines is 1. The molecule has 0 bridgehead atoms. The highest BCUT2D eigenvalue weighted by molar-refractivity contribution is 5.40. The molecule has 4 nitrogen and oxygen atoms in total. The van der Waals surface area contributed by atoms with Crippen molar-refractivity contribution in [1.29, 1.82) is 0 Å². The van der Waals surface area contributed by atoms with Crippen LogP contribution < -0.4 is 9.64 Å². The van der Waals surface area contributed by atoms with Crippen molar-refractivity contribution in [1.82, 2.24) is 9.88 Å². The summed E-state index contributed by atoms with van der Waals surface area (Å²) in [4.78, 5) is 8.66. The van der Waals surface area contributed by atoms with Crippen LogP contribution in [0.4, 0.5) is 14.6 Å². The smallest absolute Gasteiger partial charge is 0.165 e. The lowest BCUT2D eigenvalue weighted by Crippen LogP contribution is -2.48. The second-order valence-corrected chi connectivity index (χ2v) is 7.10. The lowest BCUT2D eigenvalue weighted by molar-refractivity contribution is 0.199. The fourth-order valence-electron chi connectivity index (χ4n) is 4.27. The Hall–Kier alpha value is -2.21. The third kappa shape index (κ3) is 3.26. The first-order valence-electron chi connectivity index (χ1n) is 9.07. The van der Waals surface area contributed by atoms with E-state index in [2.05, 4.69) is 9.88 Å². The quantitative estimate of drug-likeness (QED) is 0.836. The van der Waals surface area contributed by atoms with Gasteiger partial charge >= 0.3 is 0 Å². The first-order valence-corrected chi connectivity index (χ1v) is 9.07. The van der Waals surface area contributed by atoms with Crippen LogP contribution in [0.2, 0.25) is 0 Å². The molecule has 2 unspecified atom stereocenters. The Labute approximate surface area is 152 Å². The minimum absolute atomic E-state index is 0.266. The third-order valence-electron chi connectivity index (χ3n) is 5.62. The first kappa shape index (κ1) is 17.2. The summed E-state index contributed by atoms with van der Waals surface area (Å²) in [6.45, 7) is 3.28. The minimum atomic E-state index is -0.332. The average Bonchev–Trinajstić information content (AvgIpc) is 3.04. The maximum Gasteiger partial charge on any atom is 0.165 e. The maximum atomic E-state index is 14.1. The Kier molecular flexibility index (Phi) is 4.76. The number of methoxy groups -OCH3 is 1. The molecule has 0 N–H and O–H groups in total. The van der Waals surface area contributed by atoms with E-state index in [4.69, 9.17) is 4.74 Å². The van der Waals surface area contributed by atoms with Gasteiger partial charge in [0.2, 0.25) is 0 Å². The number of likely N-dealkylation sites (tertiary alicyclic amines) is 1. The van der Waals surface area contributed by atoms with E-state index in [0.29, 0.717) is 24.3 Å². The number of hydrogen-bond donors (Lipinski definition) is 0. The van der Waals surface area contributed by atoms with Crippen molar-refractivity contribution in [2.75, 3.05) is 31.6 Å². The van der Waals surface area contributed by atoms with Crippen LogP contribution in [0.15, 0.2) is 36.5 Å². The van der Waals surface area contributed by atoms with Gasteiger partial charge in [0, 0.05) is 31.9 Å². The zero-order valence-electron chi connectivity index (χ0n) is 14.9. The highest BCUT2D eigenvalue weighted by Gasteiger charge is 2.39. The number of pyridine rings is 1. The summed E-state index contributed by atoms with van der Waals surface area (Å²) in [6.07, 6.45) is 3.81. The molecule has 0 aliphatic carbocycles. The molecule has 3 heterocycles. The van der Waals surface area contributed by atoms with Gasteiger partial charge in [0.1, 0.15) is 0 Å². The number of ether oxygens (including phenoxy) is 1. The number of rotatable bonds is 4. The monoisotopic (exact) mass is 359 g/mol. The molecule has 6 heteroatoms. The first-order chi connectivity index (χ1) is 12.7. The Morgan fingerprint density at radius 1 is 1.15 bits per heavy atom. The van der Waals surface area contributed by atoms with Crippen LogP contribution in [0, 0.1) is 17.6 Å². The van der Waals surface area contributed by atoms with Gasteiger partial charge in [0.15, 0.2) is 23.2 Å². The van der Waals surface area contributed by atoms with Crippen LogP contribution in [0.3, 0.4) is 0 Å². The topological polar surface area (TPSA) is 28.6 Å². The van der Waals surface area contributed by atoms with Gasteiger partial charge < -0.3 is 9.64 Å². The Bertz CT molecular complexity index is 785. The van der Waals surface area contributed by atoms with Gasteiger partial charge in [-0.2, -0.15) is 0 Å². The molecule has 2 aliphatic heterocycles. The van der Waals surface area contributed by atoms with Crippen molar-refractivity contribution in [3.8, 4) is 5.75 Å². The van der Waals surface area contributed by atoms with Crippen LogP contribution in [0.25, 0.3) is 0 Å². The fraction of sp³-hybridized carbons (Fsp3) is 0.450. The van der Waals surface area contributed by atoms with E-state index in [-0.39, 0.29) is 17.4 Å². The predicted molar refractivity (Wildman–Crippen MR) is 96.3 cm³/mol. The molecule has 2 atom stereocenters. The summed E-state index contributed by atoms with van der Waals surface area (Å²) < 4.78 is 33.1. The van der Waals surface area contributed by atoms with Crippen molar-refractivity contribution in [3.05, 3.63) is 53.7 Å². The molecule has 0 spiro atoms. The molecule has 0 saturated carbocycles. The molecule has 2 aromatic rings. The highest BCUT2D eigenvalue weighted by atomic mass is 19.1. The van der Waals surface area contributed by atoms with E-state index >= 15 is 0 Å². The minimum Gasteiger partial charge on any atom is -0.494 e. The van der Waals surface area contributed by atoms with E-state index in [0.717, 1.165) is 38.0 Å². The summed E-state index contributed by atoms with van der Waals surface area (Å²) in [5, 5.41) is 0. The van der Waals surface area contributed by atoms with Crippen molar-refractivity contribution in [2.45, 2.75) is 25.4 Å². The van der Waals surface area contributed by atoms with E-state index in [1.165, 1.54) is 13.2 Å². The number of halogens is 2. The Morgan fingerprint density at radius 3 is 2.77 bits per heavy atom. The van der Waals surface area contributed by atoms with Crippen LogP contribution in [-0.2, 0) is 6.54 Å². The highest BCUT2D eigenvalue weighted by Crippen LogP contribution is 2.34. The van der Waals surface area contributed by atoms with Crippen LogP contribution in [0.1, 0.15) is 18.4 Å². The zero-order valence-corrected chi connectivity index (χ0v) is 14.9. The molecule has 138 valence electrons. The summed E-state index contributed by atoms with van der Waals surface area (Å²) in [5.74, 6) is 0.714. The molecule has 1 aromatic heterocycles. The van der Waals surface area contributed by atoms with Crippen molar-refractivity contribution in [2.24, 2.45) is 5.92 Å². The van der Waals surface area contributed by atoms with E-state index in [1.807, 2.05) is 11.0 Å². The number of hydrogen-bond acceptors (Lipinski definition) is 4. The van der Waals surface area contributed by atoms with Crippen LogP contribution >= 0.6 is 0 Å². The second kappa shape index (κ2) is 7.19. The van der Waals surface area contributed by atoms with E-state index < -0.39 is 0 Å². The molecule has 2 fully saturated rings. The molecule has 1 aromatic carbocycles. The number of benzene rings is 1. The van der Waals surface area contributed by atoms with Gasteiger partial charge in [0.25, 0.3) is 0 Å². The van der Waals surface area contributed by atoms with Gasteiger partial charge in [-0.05, 0) is 55.1 Å². The summed E-state index contributed by atoms with van der Waals surface area (Å²) in [7, 11) is 1.47. The van der Waals surface area contributed by atoms with Crippen LogP contribution in [0.5, 0.6) is 5.75 Å². The van der Waals surface area contributed by atoms with Gasteiger partial charge in [-0.25, -0.2) is 13.8 Å². The fourth-order valence-corrected chi connectivity index (χ4v) is 4.27. The normalized spacial score (nSPS) is 23.1. The Morgan fingerprint density at radius 2 is 2.00 bits per heavy atom. The van der Waals surface area contributed by atoms with Gasteiger partial charge in [-0.3, -0.25) is 4.90 Å². The molecule has 4 rings (SSSR count). The molecule has 2 saturated heterocycles. The van der Waals surface area contributed by atoms with E-state index in [9.17, 15) is 8.78 Å². The lowest BCUT2D eigenvalue weighted by atomic mass is 9.92. The zero-order chi connectivity index (χ0) is 18.1. The summed E-state index contributed by atoms with van der Waals surface area (Å²) in [5.41, 5.74) is 0.935. The van der Waals surface area contributed by atoms with E-state index in [1.54, 1.807) is 24.4 Å². The van der Waals surface area contributed by atoms with Crippen molar-refractivity contribution < 1.29 is 13.5 Å². The number of fused-ring (bicyclic) bond motifs is 1. The van der Waals surface area contributed by atoms with Crippen LogP contribution in [-0.4, -0.2) is 42.7 Å². The molecule has 0 radical (unpaired) electrons. The molecule has 2 aliphatic rings. The third-order valence-corrected chi connectivity index (χ3v) is 5.62. The van der Waals surface area contributed by atoms with Crippen molar-refractivity contribution >= 4 is 5.82 Å². The number of nitrogens with zero attached hydrogens (tertiary/aromatic N) is 3. The number of aromatic nitrogens is 1. The summed E-state index contributed by atoms with van der Waals surface area (Å²) >= 11 is 0. The van der Waals surface area contributed by atoms with Gasteiger partial charge in [-0.1, -0.05) is 6.07 Å². The lowest BCUT2D eigenvalue weighted by Gasteiger charge is -2.39. The van der Waals surface area contributed by atoms with Gasteiger partial charge in [0.05, 0.1) is 7.11 Å². The Balaban J connectivity index is 1.49. The largest absolute Gasteiger partial charge is 0.494 e. The van der Waals surface area contributed by atoms with Crippen molar-refractivity contribution in [3.63, 3.8) is 0 Å². The molecular weight excluding hydrogens is 336 g/mol. The summed E-state index contributed by atoms with van der Waals surface area (Å²) in [6, 6.07) is 8.55. The number of piperidine rings is 1. The van der Waals surface area contributed by atoms with Gasteiger partial charge in [-0.15, -0.1) is 0 Å². The molecule has 26 heavy (non-hydrogen) atoms. The SMILES string of the molecule is COc1ccc(CN2CCC3CCN(c4ncccc4F)CC32)cc1F.